The first kappa shape index (κ1) is 22.8. The van der Waals surface area contributed by atoms with Crippen molar-refractivity contribution in [3.8, 4) is 0 Å². The Morgan fingerprint density at radius 1 is 1.07 bits per heavy atom. The molecule has 4 nitrogen and oxygen atoms in total. The number of hydrogen-bond donors (Lipinski definition) is 1. The Hall–Kier alpha value is -0.520. The number of carboxylic acids is 1. The average Bonchev–Trinajstić information content (AvgIpc) is 3.23. The fourth-order valence-corrected chi connectivity index (χ4v) is 6.10. The van der Waals surface area contributed by atoms with E-state index in [0.717, 1.165) is 43.6 Å². The van der Waals surface area contributed by atoms with E-state index in [1.807, 2.05) is 0 Å². The molecule has 0 aromatic rings. The van der Waals surface area contributed by atoms with Crippen molar-refractivity contribution < 1.29 is 19.2 Å². The van der Waals surface area contributed by atoms with Crippen LogP contribution in [0.4, 0.5) is 0 Å². The fraction of sp³-hybridized carbons (Fsp3) is 0.864. The van der Waals surface area contributed by atoms with Gasteiger partial charge < -0.3 is 14.4 Å². The van der Waals surface area contributed by atoms with Crippen molar-refractivity contribution in [1.29, 1.82) is 0 Å². The molecule has 0 amide bonds. The summed E-state index contributed by atoms with van der Waals surface area (Å²) < 4.78 is 18.7. The van der Waals surface area contributed by atoms with Gasteiger partial charge in [-0.3, -0.25) is 4.79 Å². The normalized spacial score (nSPS) is 28.2. The minimum absolute atomic E-state index is 0.238. The van der Waals surface area contributed by atoms with Gasteiger partial charge in [-0.25, -0.2) is 0 Å². The van der Waals surface area contributed by atoms with Gasteiger partial charge in [-0.15, -0.1) is 0 Å². The zero-order valence-corrected chi connectivity index (χ0v) is 17.8. The molecule has 0 aromatic carbocycles. The van der Waals surface area contributed by atoms with E-state index in [1.54, 1.807) is 0 Å². The van der Waals surface area contributed by atoms with Crippen LogP contribution in [-0.2, 0) is 20.7 Å². The lowest BCUT2D eigenvalue weighted by Crippen LogP contribution is -2.33. The third kappa shape index (κ3) is 8.16. The average molecular weight is 399 g/mol. The number of carboxylic acid groups (broad SMARTS) is 1. The van der Waals surface area contributed by atoms with Gasteiger partial charge in [0.15, 0.2) is 0 Å². The number of allylic oxidation sites excluding steroid dienone is 2. The Kier molecular flexibility index (Phi) is 10.8. The number of fused-ring (bicyclic) bond motifs is 2. The van der Waals surface area contributed by atoms with Gasteiger partial charge in [0, 0.05) is 12.3 Å². The molecule has 5 atom stereocenters. The summed E-state index contributed by atoms with van der Waals surface area (Å²) in [4.78, 5) is 10.5. The Morgan fingerprint density at radius 2 is 1.78 bits per heavy atom. The van der Waals surface area contributed by atoms with E-state index in [-0.39, 0.29) is 6.42 Å². The molecule has 27 heavy (non-hydrogen) atoms. The van der Waals surface area contributed by atoms with Crippen molar-refractivity contribution in [1.82, 2.24) is 0 Å². The maximum atomic E-state index is 12.6. The SMILES string of the molecule is CCCCCCCC[S+]([O-])C[C@H]1[C@@H](C/C=C\CCCC(=O)O)[C@H]2CC[C@@H]1O2. The van der Waals surface area contributed by atoms with Crippen LogP contribution < -0.4 is 0 Å². The molecular formula is C22H38O4S. The molecule has 1 unspecified atom stereocenters. The summed E-state index contributed by atoms with van der Waals surface area (Å²) in [7, 11) is 0. The van der Waals surface area contributed by atoms with E-state index in [1.165, 1.54) is 32.1 Å². The summed E-state index contributed by atoms with van der Waals surface area (Å²) in [6.45, 7) is 2.23. The summed E-state index contributed by atoms with van der Waals surface area (Å²) in [6.07, 6.45) is 17.4. The predicted octanol–water partition coefficient (Wildman–Crippen LogP) is 5.09. The minimum atomic E-state index is -0.725. The second-order valence-corrected chi connectivity index (χ2v) is 9.81. The highest BCUT2D eigenvalue weighted by Crippen LogP contribution is 2.45. The largest absolute Gasteiger partial charge is 0.616 e. The number of unbranched alkanes of at least 4 members (excludes halogenated alkanes) is 6. The van der Waals surface area contributed by atoms with Crippen LogP contribution in [0.25, 0.3) is 0 Å². The Bertz CT molecular complexity index is 454. The van der Waals surface area contributed by atoms with Gasteiger partial charge in [-0.2, -0.15) is 0 Å². The minimum Gasteiger partial charge on any atom is -0.616 e. The summed E-state index contributed by atoms with van der Waals surface area (Å²) in [5.74, 6) is 1.85. The molecule has 2 aliphatic heterocycles. The molecule has 5 heteroatoms. The molecule has 0 radical (unpaired) electrons. The molecule has 0 spiro atoms. The van der Waals surface area contributed by atoms with Crippen molar-refractivity contribution in [2.75, 3.05) is 11.5 Å². The standard InChI is InChI=1S/C22H38O4S/c1-2-3-4-5-8-11-16-27(25)17-19-18(20-14-15-21(19)26-20)12-9-6-7-10-13-22(23)24/h6,9,18-21H,2-5,7-8,10-17H2,1H3,(H,23,24)/b9-6-/t18-,19+,20-,21+,27?/m1/s1. The van der Waals surface area contributed by atoms with Crippen LogP contribution in [0, 0.1) is 11.8 Å². The molecule has 2 bridgehead atoms. The molecule has 0 saturated carbocycles. The second-order valence-electron chi connectivity index (χ2n) is 8.19. The van der Waals surface area contributed by atoms with Gasteiger partial charge >= 0.3 is 5.97 Å². The third-order valence-corrected chi connectivity index (χ3v) is 7.53. The molecule has 2 fully saturated rings. The lowest BCUT2D eigenvalue weighted by Gasteiger charge is -2.27. The Labute approximate surface area is 168 Å². The first-order chi connectivity index (χ1) is 13.1. The highest BCUT2D eigenvalue weighted by atomic mass is 32.2. The monoisotopic (exact) mass is 398 g/mol. The summed E-state index contributed by atoms with van der Waals surface area (Å²) in [5.41, 5.74) is 0. The fourth-order valence-electron chi connectivity index (χ4n) is 4.51. The summed E-state index contributed by atoms with van der Waals surface area (Å²) >= 11 is -0.725. The van der Waals surface area contributed by atoms with E-state index in [2.05, 4.69) is 19.1 Å². The molecule has 1 N–H and O–H groups in total. The van der Waals surface area contributed by atoms with Crippen LogP contribution in [0.1, 0.15) is 84.0 Å². The smallest absolute Gasteiger partial charge is 0.303 e. The molecule has 2 heterocycles. The van der Waals surface area contributed by atoms with E-state index in [9.17, 15) is 9.35 Å². The molecular weight excluding hydrogens is 360 g/mol. The summed E-state index contributed by atoms with van der Waals surface area (Å²) in [5, 5.41) is 8.68. The van der Waals surface area contributed by atoms with E-state index in [4.69, 9.17) is 9.84 Å². The van der Waals surface area contributed by atoms with Crippen LogP contribution >= 0.6 is 0 Å². The number of carbonyl (C=O) groups is 1. The predicted molar refractivity (Wildman–Crippen MR) is 111 cm³/mol. The van der Waals surface area contributed by atoms with E-state index < -0.39 is 17.1 Å². The lowest BCUT2D eigenvalue weighted by atomic mass is 9.78. The maximum Gasteiger partial charge on any atom is 0.303 e. The van der Waals surface area contributed by atoms with Gasteiger partial charge in [0.1, 0.15) is 11.5 Å². The van der Waals surface area contributed by atoms with Gasteiger partial charge in [-0.05, 0) is 50.9 Å². The van der Waals surface area contributed by atoms with Gasteiger partial charge in [0.05, 0.1) is 12.2 Å². The second kappa shape index (κ2) is 12.8. The number of hydrogen-bond acceptors (Lipinski definition) is 3. The van der Waals surface area contributed by atoms with Gasteiger partial charge in [-0.1, -0.05) is 55.9 Å². The molecule has 2 rings (SSSR count). The Balaban J connectivity index is 1.67. The number of ether oxygens (including phenoxy) is 1. The zero-order chi connectivity index (χ0) is 19.5. The lowest BCUT2D eigenvalue weighted by molar-refractivity contribution is -0.137. The zero-order valence-electron chi connectivity index (χ0n) is 16.9. The number of aliphatic carboxylic acids is 1. The molecule has 0 aromatic heterocycles. The topological polar surface area (TPSA) is 69.6 Å². The molecule has 156 valence electrons. The van der Waals surface area contributed by atoms with Crippen molar-refractivity contribution in [2.24, 2.45) is 11.8 Å². The highest BCUT2D eigenvalue weighted by molar-refractivity contribution is 7.91. The number of rotatable bonds is 15. The molecule has 2 saturated heterocycles. The maximum absolute atomic E-state index is 12.6. The molecule has 0 aliphatic carbocycles. The van der Waals surface area contributed by atoms with Crippen molar-refractivity contribution in [3.63, 3.8) is 0 Å². The first-order valence-corrected chi connectivity index (χ1v) is 12.5. The van der Waals surface area contributed by atoms with Crippen LogP contribution in [0.5, 0.6) is 0 Å². The highest BCUT2D eigenvalue weighted by Gasteiger charge is 2.49. The van der Waals surface area contributed by atoms with Gasteiger partial charge in [0.25, 0.3) is 0 Å². The van der Waals surface area contributed by atoms with Crippen LogP contribution in [0.3, 0.4) is 0 Å². The van der Waals surface area contributed by atoms with Crippen LogP contribution in [0.2, 0.25) is 0 Å². The van der Waals surface area contributed by atoms with Crippen molar-refractivity contribution in [2.45, 2.75) is 96.2 Å². The van der Waals surface area contributed by atoms with Crippen molar-refractivity contribution in [3.05, 3.63) is 12.2 Å². The quantitative estimate of drug-likeness (QED) is 0.237. The van der Waals surface area contributed by atoms with Crippen LogP contribution in [0.15, 0.2) is 12.2 Å². The first-order valence-electron chi connectivity index (χ1n) is 11.0. The van der Waals surface area contributed by atoms with Crippen LogP contribution in [-0.4, -0.2) is 39.3 Å². The molecule has 2 aliphatic rings. The van der Waals surface area contributed by atoms with E-state index in [0.29, 0.717) is 30.5 Å². The third-order valence-electron chi connectivity index (χ3n) is 6.03. The van der Waals surface area contributed by atoms with Gasteiger partial charge in [0.2, 0.25) is 0 Å². The van der Waals surface area contributed by atoms with E-state index >= 15 is 0 Å². The Morgan fingerprint density at radius 3 is 2.52 bits per heavy atom. The van der Waals surface area contributed by atoms with Crippen molar-refractivity contribution >= 4 is 17.1 Å². The summed E-state index contributed by atoms with van der Waals surface area (Å²) in [6, 6.07) is 0.